The van der Waals surface area contributed by atoms with Gasteiger partial charge in [-0.15, -0.1) is 0 Å². The fourth-order valence-corrected chi connectivity index (χ4v) is 2.22. The summed E-state index contributed by atoms with van der Waals surface area (Å²) in [7, 11) is 0. The van der Waals surface area contributed by atoms with Crippen LogP contribution in [0.1, 0.15) is 16.9 Å². The summed E-state index contributed by atoms with van der Waals surface area (Å²) in [6.45, 7) is -1.43. The second-order valence-corrected chi connectivity index (χ2v) is 5.80. The normalized spacial score (nSPS) is 12.1. The van der Waals surface area contributed by atoms with E-state index in [4.69, 9.17) is 10.2 Å². The maximum atomic E-state index is 12.2. The van der Waals surface area contributed by atoms with Gasteiger partial charge in [0.2, 0.25) is 0 Å². The molecule has 3 N–H and O–H groups in total. The Morgan fingerprint density at radius 2 is 1.72 bits per heavy atom. The highest BCUT2D eigenvalue weighted by Crippen LogP contribution is 2.23. The molecule has 0 saturated carbocycles. The summed E-state index contributed by atoms with van der Waals surface area (Å²) in [5.74, 6) is -3.79. The molecular weight excluding hydrogens is 397 g/mol. The molecule has 0 bridgehead atoms. The summed E-state index contributed by atoms with van der Waals surface area (Å²) in [5, 5.41) is 19.8. The molecule has 1 aromatic heterocycles. The molecular formula is C18H15F3N2O6. The number of halogens is 3. The first-order chi connectivity index (χ1) is 13.5. The van der Waals surface area contributed by atoms with Gasteiger partial charge in [0.15, 0.2) is 6.61 Å². The highest BCUT2D eigenvalue weighted by Gasteiger charge is 2.28. The molecule has 1 heterocycles. The van der Waals surface area contributed by atoms with Gasteiger partial charge in [0, 0.05) is 5.56 Å². The van der Waals surface area contributed by atoms with E-state index in [-0.39, 0.29) is 11.4 Å². The van der Waals surface area contributed by atoms with Crippen molar-refractivity contribution >= 4 is 17.8 Å². The molecule has 0 radical (unpaired) electrons. The van der Waals surface area contributed by atoms with Crippen LogP contribution in [-0.4, -0.2) is 51.9 Å². The topological polar surface area (TPSA) is 126 Å². The van der Waals surface area contributed by atoms with Gasteiger partial charge in [0.25, 0.3) is 5.91 Å². The molecule has 2 rings (SSSR count). The standard InChI is InChI=1S/C18H15F3N2O6/c19-18(20,21)9-29-11-6-4-10(5-7-11)12-2-1-3-13(22-12)16(26)23-14(17(27)28)8-15(24)25/h1-7,14H,8-9H2,(H,23,26)(H,24,25)(H,27,28)/t14-/m0/s1. The van der Waals surface area contributed by atoms with Crippen LogP contribution in [0.15, 0.2) is 42.5 Å². The molecule has 0 saturated heterocycles. The lowest BCUT2D eigenvalue weighted by Gasteiger charge is -2.12. The fourth-order valence-electron chi connectivity index (χ4n) is 2.22. The average Bonchev–Trinajstić information content (AvgIpc) is 2.65. The third-order valence-corrected chi connectivity index (χ3v) is 3.52. The van der Waals surface area contributed by atoms with E-state index in [1.165, 1.54) is 42.5 Å². The zero-order valence-corrected chi connectivity index (χ0v) is 14.6. The van der Waals surface area contributed by atoms with Crippen molar-refractivity contribution < 1.29 is 42.5 Å². The lowest BCUT2D eigenvalue weighted by molar-refractivity contribution is -0.153. The predicted octanol–water partition coefficient (Wildman–Crippen LogP) is 2.35. The van der Waals surface area contributed by atoms with E-state index >= 15 is 0 Å². The Bertz CT molecular complexity index is 899. The van der Waals surface area contributed by atoms with Gasteiger partial charge in [0.05, 0.1) is 12.1 Å². The lowest BCUT2D eigenvalue weighted by Crippen LogP contribution is -2.42. The minimum Gasteiger partial charge on any atom is -0.484 e. The largest absolute Gasteiger partial charge is 0.484 e. The minimum atomic E-state index is -4.46. The zero-order valence-electron chi connectivity index (χ0n) is 14.6. The van der Waals surface area contributed by atoms with E-state index in [1.807, 2.05) is 0 Å². The Kier molecular flexibility index (Phi) is 6.75. The number of ether oxygens (including phenoxy) is 1. The summed E-state index contributed by atoms with van der Waals surface area (Å²) in [4.78, 5) is 38.0. The summed E-state index contributed by atoms with van der Waals surface area (Å²) >= 11 is 0. The maximum Gasteiger partial charge on any atom is 0.422 e. The smallest absolute Gasteiger partial charge is 0.422 e. The van der Waals surface area contributed by atoms with E-state index in [0.29, 0.717) is 11.3 Å². The minimum absolute atomic E-state index is 0.00190. The Morgan fingerprint density at radius 3 is 2.28 bits per heavy atom. The molecule has 1 aromatic carbocycles. The van der Waals surface area contributed by atoms with Crippen molar-refractivity contribution in [3.63, 3.8) is 0 Å². The third-order valence-electron chi connectivity index (χ3n) is 3.52. The van der Waals surface area contributed by atoms with E-state index in [1.54, 1.807) is 0 Å². The number of nitrogens with zero attached hydrogens (tertiary/aromatic N) is 1. The monoisotopic (exact) mass is 412 g/mol. The highest BCUT2D eigenvalue weighted by molar-refractivity contribution is 5.96. The van der Waals surface area contributed by atoms with E-state index in [2.05, 4.69) is 15.0 Å². The number of aromatic nitrogens is 1. The van der Waals surface area contributed by atoms with Crippen LogP contribution in [0, 0.1) is 0 Å². The van der Waals surface area contributed by atoms with E-state index in [0.717, 1.165) is 0 Å². The SMILES string of the molecule is O=C(O)C[C@H](NC(=O)c1cccc(-c2ccc(OCC(F)(F)F)cc2)n1)C(=O)O. The van der Waals surface area contributed by atoms with Crippen molar-refractivity contribution in [2.75, 3.05) is 6.61 Å². The van der Waals surface area contributed by atoms with Gasteiger partial charge in [0.1, 0.15) is 17.5 Å². The third kappa shape index (κ3) is 6.79. The zero-order chi connectivity index (χ0) is 21.6. The van der Waals surface area contributed by atoms with Crippen molar-refractivity contribution in [1.82, 2.24) is 10.3 Å². The van der Waals surface area contributed by atoms with E-state index < -0.39 is 43.1 Å². The van der Waals surface area contributed by atoms with Crippen LogP contribution in [0.25, 0.3) is 11.3 Å². The van der Waals surface area contributed by atoms with Crippen molar-refractivity contribution in [2.24, 2.45) is 0 Å². The van der Waals surface area contributed by atoms with Gasteiger partial charge in [-0.2, -0.15) is 13.2 Å². The average molecular weight is 412 g/mol. The van der Waals surface area contributed by atoms with Crippen molar-refractivity contribution in [1.29, 1.82) is 0 Å². The first kappa shape index (κ1) is 21.7. The fraction of sp³-hybridized carbons (Fsp3) is 0.222. The Balaban J connectivity index is 2.13. The molecule has 1 atom stereocenters. The highest BCUT2D eigenvalue weighted by atomic mass is 19.4. The lowest BCUT2D eigenvalue weighted by atomic mass is 10.1. The summed E-state index contributed by atoms with van der Waals surface area (Å²) in [6.07, 6.45) is -5.27. The van der Waals surface area contributed by atoms with Gasteiger partial charge in [-0.3, -0.25) is 9.59 Å². The van der Waals surface area contributed by atoms with Crippen molar-refractivity contribution in [3.05, 3.63) is 48.2 Å². The van der Waals surface area contributed by atoms with Crippen molar-refractivity contribution in [3.8, 4) is 17.0 Å². The molecule has 8 nitrogen and oxygen atoms in total. The number of aliphatic carboxylic acids is 2. The Morgan fingerprint density at radius 1 is 1.07 bits per heavy atom. The molecule has 2 aromatic rings. The number of amides is 1. The second-order valence-electron chi connectivity index (χ2n) is 5.80. The molecule has 0 fully saturated rings. The number of carbonyl (C=O) groups is 3. The number of carbonyl (C=O) groups excluding carboxylic acids is 1. The van der Waals surface area contributed by atoms with Gasteiger partial charge in [-0.1, -0.05) is 6.07 Å². The number of pyridine rings is 1. The number of carboxylic acids is 2. The van der Waals surface area contributed by atoms with Crippen LogP contribution >= 0.6 is 0 Å². The number of benzene rings is 1. The number of nitrogens with one attached hydrogen (secondary N) is 1. The summed E-state index contributed by atoms with van der Waals surface area (Å²) in [5.41, 5.74) is 0.612. The number of rotatable bonds is 8. The van der Waals surface area contributed by atoms with Crippen molar-refractivity contribution in [2.45, 2.75) is 18.6 Å². The number of hydrogen-bond acceptors (Lipinski definition) is 5. The van der Waals surface area contributed by atoms with Crippen LogP contribution in [0.5, 0.6) is 5.75 Å². The first-order valence-electron chi connectivity index (χ1n) is 8.07. The molecule has 0 aliphatic heterocycles. The Labute approximate surface area is 161 Å². The first-order valence-corrected chi connectivity index (χ1v) is 8.07. The van der Waals surface area contributed by atoms with Crippen LogP contribution < -0.4 is 10.1 Å². The maximum absolute atomic E-state index is 12.2. The molecule has 1 amide bonds. The summed E-state index contributed by atoms with van der Waals surface area (Å²) in [6, 6.07) is 8.19. The van der Waals surface area contributed by atoms with E-state index in [9.17, 15) is 27.6 Å². The number of carboxylic acid groups (broad SMARTS) is 2. The Hall–Kier alpha value is -3.63. The molecule has 11 heteroatoms. The molecule has 29 heavy (non-hydrogen) atoms. The van der Waals surface area contributed by atoms with Gasteiger partial charge in [-0.25, -0.2) is 9.78 Å². The molecule has 0 aliphatic rings. The molecule has 0 unspecified atom stereocenters. The van der Waals surface area contributed by atoms with Crippen LogP contribution in [0.3, 0.4) is 0 Å². The molecule has 0 spiro atoms. The van der Waals surface area contributed by atoms with Crippen LogP contribution in [-0.2, 0) is 9.59 Å². The van der Waals surface area contributed by atoms with Gasteiger partial charge in [-0.05, 0) is 36.4 Å². The molecule has 154 valence electrons. The summed E-state index contributed by atoms with van der Waals surface area (Å²) < 4.78 is 41.1. The second kappa shape index (κ2) is 9.04. The van der Waals surface area contributed by atoms with Gasteiger partial charge >= 0.3 is 18.1 Å². The van der Waals surface area contributed by atoms with Crippen LogP contribution in [0.2, 0.25) is 0 Å². The number of hydrogen-bond donors (Lipinski definition) is 3. The molecule has 0 aliphatic carbocycles. The quantitative estimate of drug-likeness (QED) is 0.608. The van der Waals surface area contributed by atoms with Gasteiger partial charge < -0.3 is 20.3 Å². The van der Waals surface area contributed by atoms with Crippen LogP contribution in [0.4, 0.5) is 13.2 Å². The predicted molar refractivity (Wildman–Crippen MR) is 92.4 cm³/mol. The number of alkyl halides is 3.